The van der Waals surface area contributed by atoms with Gasteiger partial charge in [0, 0.05) is 56.5 Å². The Morgan fingerprint density at radius 1 is 1.12 bits per heavy atom. The fourth-order valence-electron chi connectivity index (χ4n) is 5.18. The van der Waals surface area contributed by atoms with Crippen molar-refractivity contribution in [1.82, 2.24) is 14.7 Å². The summed E-state index contributed by atoms with van der Waals surface area (Å²) in [5.74, 6) is 0.0672. The molecule has 2 aliphatic rings. The zero-order valence-electron chi connectivity index (χ0n) is 20.7. The molecule has 1 aromatic carbocycles. The molecule has 1 fully saturated rings. The summed E-state index contributed by atoms with van der Waals surface area (Å²) in [5, 5.41) is 2.10. The second kappa shape index (κ2) is 10.2. The van der Waals surface area contributed by atoms with E-state index in [0.717, 1.165) is 18.5 Å². The molecule has 0 aliphatic carbocycles. The second-order valence-electron chi connectivity index (χ2n) is 10.8. The molecule has 0 radical (unpaired) electrons. The largest absolute Gasteiger partial charge is 0.339 e. The molecule has 0 bridgehead atoms. The lowest BCUT2D eigenvalue weighted by molar-refractivity contribution is -0.143. The molecule has 0 saturated carbocycles. The molecule has 7 heteroatoms. The molecule has 2 aromatic rings. The number of piperazine rings is 1. The number of rotatable bonds is 5. The van der Waals surface area contributed by atoms with E-state index in [4.69, 9.17) is 0 Å². The fourth-order valence-corrected chi connectivity index (χ4v) is 6.09. The van der Waals surface area contributed by atoms with E-state index in [-0.39, 0.29) is 35.1 Å². The molecular formula is C27H36FN3O2S. The maximum absolute atomic E-state index is 14.0. The average molecular weight is 486 g/mol. The molecule has 3 heterocycles. The highest BCUT2D eigenvalue weighted by molar-refractivity contribution is 7.10. The van der Waals surface area contributed by atoms with Gasteiger partial charge in [0.05, 0.1) is 6.04 Å². The van der Waals surface area contributed by atoms with E-state index >= 15 is 0 Å². The maximum Gasteiger partial charge on any atom is 0.223 e. The third-order valence-electron chi connectivity index (χ3n) is 6.83. The molecule has 0 unspecified atom stereocenters. The van der Waals surface area contributed by atoms with Gasteiger partial charge in [0.2, 0.25) is 11.8 Å². The van der Waals surface area contributed by atoms with Crippen LogP contribution < -0.4 is 0 Å². The summed E-state index contributed by atoms with van der Waals surface area (Å²) in [4.78, 5) is 33.3. The zero-order chi connectivity index (χ0) is 24.5. The molecule has 34 heavy (non-hydrogen) atoms. The smallest absolute Gasteiger partial charge is 0.223 e. The van der Waals surface area contributed by atoms with Crippen molar-refractivity contribution in [3.63, 3.8) is 0 Å². The van der Waals surface area contributed by atoms with Crippen LogP contribution in [0.5, 0.6) is 0 Å². The van der Waals surface area contributed by atoms with E-state index < -0.39 is 0 Å². The van der Waals surface area contributed by atoms with Gasteiger partial charge in [0.15, 0.2) is 0 Å². The highest BCUT2D eigenvalue weighted by Crippen LogP contribution is 2.38. The van der Waals surface area contributed by atoms with Crippen molar-refractivity contribution in [3.8, 4) is 0 Å². The van der Waals surface area contributed by atoms with Crippen LogP contribution >= 0.6 is 11.3 Å². The van der Waals surface area contributed by atoms with Gasteiger partial charge in [0.25, 0.3) is 0 Å². The highest BCUT2D eigenvalue weighted by Gasteiger charge is 2.33. The van der Waals surface area contributed by atoms with Crippen molar-refractivity contribution >= 4 is 23.2 Å². The topological polar surface area (TPSA) is 43.9 Å². The van der Waals surface area contributed by atoms with Gasteiger partial charge < -0.3 is 9.80 Å². The third kappa shape index (κ3) is 5.69. The minimum absolute atomic E-state index is 0.0238. The summed E-state index contributed by atoms with van der Waals surface area (Å²) in [6.45, 7) is 11.5. The predicted molar refractivity (Wildman–Crippen MR) is 134 cm³/mol. The number of nitrogens with zero attached hydrogens (tertiary/aromatic N) is 3. The van der Waals surface area contributed by atoms with Crippen LogP contribution in [0.4, 0.5) is 4.39 Å². The van der Waals surface area contributed by atoms with Gasteiger partial charge in [-0.05, 0) is 53.5 Å². The molecule has 2 amide bonds. The standard InChI is InChI=1S/C27H36FN3O2S/c1-19-18-30(13-14-31(19)25(33)17-27(2,3)4)24(32)9-12-29-11-8-23-22(10-15-34-23)26(29)20-6-5-7-21(28)16-20/h5-7,10,15-16,19,26H,8-9,11-14,17-18H2,1-4H3/t19-,26-/m1/s1. The molecule has 4 rings (SSSR count). The first-order chi connectivity index (χ1) is 16.1. The van der Waals surface area contributed by atoms with E-state index in [9.17, 15) is 14.0 Å². The van der Waals surface area contributed by atoms with Crippen LogP contribution in [0.1, 0.15) is 62.6 Å². The fraction of sp³-hybridized carbons (Fsp3) is 0.556. The Morgan fingerprint density at radius 3 is 2.62 bits per heavy atom. The number of halogens is 1. The quantitative estimate of drug-likeness (QED) is 0.616. The lowest BCUT2D eigenvalue weighted by Crippen LogP contribution is -2.56. The number of carbonyl (C=O) groups is 2. The van der Waals surface area contributed by atoms with Crippen LogP contribution in [-0.2, 0) is 16.0 Å². The van der Waals surface area contributed by atoms with Crippen molar-refractivity contribution in [2.45, 2.75) is 59.0 Å². The van der Waals surface area contributed by atoms with Gasteiger partial charge in [-0.25, -0.2) is 4.39 Å². The van der Waals surface area contributed by atoms with E-state index in [1.165, 1.54) is 16.5 Å². The van der Waals surface area contributed by atoms with Crippen molar-refractivity contribution < 1.29 is 14.0 Å². The molecule has 1 saturated heterocycles. The van der Waals surface area contributed by atoms with Crippen molar-refractivity contribution in [2.75, 3.05) is 32.7 Å². The number of carbonyl (C=O) groups excluding carboxylic acids is 2. The zero-order valence-corrected chi connectivity index (χ0v) is 21.5. The first-order valence-electron chi connectivity index (χ1n) is 12.3. The minimum Gasteiger partial charge on any atom is -0.339 e. The van der Waals surface area contributed by atoms with E-state index in [1.54, 1.807) is 23.5 Å². The van der Waals surface area contributed by atoms with Crippen LogP contribution in [0.25, 0.3) is 0 Å². The summed E-state index contributed by atoms with van der Waals surface area (Å²) in [5.41, 5.74) is 2.12. The van der Waals surface area contributed by atoms with Crippen molar-refractivity contribution in [1.29, 1.82) is 0 Å². The van der Waals surface area contributed by atoms with E-state index in [0.29, 0.717) is 39.0 Å². The van der Waals surface area contributed by atoms with Crippen LogP contribution in [0.15, 0.2) is 35.7 Å². The minimum atomic E-state index is -0.233. The van der Waals surface area contributed by atoms with Gasteiger partial charge in [0.1, 0.15) is 5.82 Å². The Bertz CT molecular complexity index is 1030. The SMILES string of the molecule is C[C@@H]1CN(C(=O)CCN2CCc3sccc3[C@H]2c2cccc(F)c2)CCN1C(=O)CC(C)(C)C. The molecule has 2 aliphatic heterocycles. The van der Waals surface area contributed by atoms with Crippen LogP contribution in [0.3, 0.4) is 0 Å². The summed E-state index contributed by atoms with van der Waals surface area (Å²) in [6.07, 6.45) is 1.90. The van der Waals surface area contributed by atoms with Crippen molar-refractivity contribution in [3.05, 3.63) is 57.5 Å². The van der Waals surface area contributed by atoms with E-state index in [1.807, 2.05) is 22.8 Å². The molecule has 0 N–H and O–H groups in total. The number of thiophene rings is 1. The lowest BCUT2D eigenvalue weighted by Gasteiger charge is -2.41. The number of hydrogen-bond donors (Lipinski definition) is 0. The Morgan fingerprint density at radius 2 is 1.91 bits per heavy atom. The molecule has 2 atom stereocenters. The van der Waals surface area contributed by atoms with Crippen LogP contribution in [0, 0.1) is 11.2 Å². The van der Waals surface area contributed by atoms with Crippen LogP contribution in [-0.4, -0.2) is 65.3 Å². The monoisotopic (exact) mass is 485 g/mol. The van der Waals surface area contributed by atoms with Gasteiger partial charge in [-0.2, -0.15) is 0 Å². The molecule has 5 nitrogen and oxygen atoms in total. The molecular weight excluding hydrogens is 449 g/mol. The molecule has 1 aromatic heterocycles. The molecule has 0 spiro atoms. The number of fused-ring (bicyclic) bond motifs is 1. The van der Waals surface area contributed by atoms with Crippen molar-refractivity contribution in [2.24, 2.45) is 5.41 Å². The number of amides is 2. The Kier molecular flexibility index (Phi) is 7.43. The van der Waals surface area contributed by atoms with Crippen LogP contribution in [0.2, 0.25) is 0 Å². The van der Waals surface area contributed by atoms with E-state index in [2.05, 4.69) is 37.1 Å². The second-order valence-corrected chi connectivity index (χ2v) is 11.8. The third-order valence-corrected chi connectivity index (χ3v) is 7.82. The summed E-state index contributed by atoms with van der Waals surface area (Å²) < 4.78 is 14.0. The Balaban J connectivity index is 1.38. The predicted octanol–water partition coefficient (Wildman–Crippen LogP) is 4.72. The van der Waals surface area contributed by atoms with Gasteiger partial charge in [-0.3, -0.25) is 14.5 Å². The van der Waals surface area contributed by atoms with Gasteiger partial charge in [-0.1, -0.05) is 32.9 Å². The Labute approximate surface area is 206 Å². The summed E-state index contributed by atoms with van der Waals surface area (Å²) in [6, 6.07) is 8.96. The number of hydrogen-bond acceptors (Lipinski definition) is 4. The van der Waals surface area contributed by atoms with Gasteiger partial charge in [-0.15, -0.1) is 11.3 Å². The first kappa shape index (κ1) is 24.9. The molecule has 184 valence electrons. The highest BCUT2D eigenvalue weighted by atomic mass is 32.1. The maximum atomic E-state index is 14.0. The summed E-state index contributed by atoms with van der Waals surface area (Å²) in [7, 11) is 0. The average Bonchev–Trinajstić information content (AvgIpc) is 3.24. The first-order valence-corrected chi connectivity index (χ1v) is 13.1. The lowest BCUT2D eigenvalue weighted by atomic mass is 9.91. The Hall–Kier alpha value is -2.25. The number of benzene rings is 1. The normalized spacial score (nSPS) is 21.4. The van der Waals surface area contributed by atoms with Gasteiger partial charge >= 0.3 is 0 Å². The summed E-state index contributed by atoms with van der Waals surface area (Å²) >= 11 is 1.76.